The molecule has 29 heavy (non-hydrogen) atoms. The second kappa shape index (κ2) is 7.40. The summed E-state index contributed by atoms with van der Waals surface area (Å²) in [7, 11) is 4.42. The van der Waals surface area contributed by atoms with Crippen molar-refractivity contribution < 1.29 is 28.5 Å². The molecule has 1 heterocycles. The number of benzene rings is 2. The SMILES string of the molecule is COC(=O)[C@@H]1C=C(C#N)c2cc(OC)c(OC)cc2[C@H]1c1ccc2c(c1)OCO2. The third-order valence-electron chi connectivity index (χ3n) is 5.24. The molecule has 7 nitrogen and oxygen atoms in total. The maximum atomic E-state index is 12.6. The van der Waals surface area contributed by atoms with Gasteiger partial charge in [-0.3, -0.25) is 4.79 Å². The molecule has 0 saturated carbocycles. The van der Waals surface area contributed by atoms with E-state index in [9.17, 15) is 10.1 Å². The van der Waals surface area contributed by atoms with Crippen LogP contribution in [0.3, 0.4) is 0 Å². The number of fused-ring (bicyclic) bond motifs is 2. The molecule has 0 aromatic heterocycles. The number of nitrogens with zero attached hydrogens (tertiary/aromatic N) is 1. The molecule has 1 aliphatic heterocycles. The number of rotatable bonds is 4. The third kappa shape index (κ3) is 3.03. The van der Waals surface area contributed by atoms with Crippen LogP contribution >= 0.6 is 0 Å². The predicted molar refractivity (Wildman–Crippen MR) is 103 cm³/mol. The molecule has 7 heteroatoms. The molecule has 2 aromatic rings. The molecular weight excluding hydrogens is 374 g/mol. The first-order valence-corrected chi connectivity index (χ1v) is 8.96. The Bertz CT molecular complexity index is 1050. The summed E-state index contributed by atoms with van der Waals surface area (Å²) in [6, 6.07) is 11.3. The first kappa shape index (κ1) is 18.7. The summed E-state index contributed by atoms with van der Waals surface area (Å²) < 4.78 is 26.8. The van der Waals surface area contributed by atoms with Crippen LogP contribution < -0.4 is 18.9 Å². The maximum absolute atomic E-state index is 12.6. The average Bonchev–Trinajstić information content (AvgIpc) is 3.24. The molecule has 0 bridgehead atoms. The van der Waals surface area contributed by atoms with E-state index in [2.05, 4.69) is 6.07 Å². The first-order valence-electron chi connectivity index (χ1n) is 8.96. The van der Waals surface area contributed by atoms with Crippen LogP contribution in [0.5, 0.6) is 23.0 Å². The van der Waals surface area contributed by atoms with Crippen LogP contribution in [0.1, 0.15) is 22.6 Å². The lowest BCUT2D eigenvalue weighted by atomic mass is 9.73. The molecule has 2 atom stereocenters. The Hall–Kier alpha value is -3.66. The van der Waals surface area contributed by atoms with Gasteiger partial charge in [-0.05, 0) is 41.0 Å². The highest BCUT2D eigenvalue weighted by molar-refractivity contribution is 5.89. The predicted octanol–water partition coefficient (Wildman–Crippen LogP) is 3.27. The lowest BCUT2D eigenvalue weighted by molar-refractivity contribution is -0.144. The fourth-order valence-corrected chi connectivity index (χ4v) is 3.88. The van der Waals surface area contributed by atoms with Gasteiger partial charge in [0, 0.05) is 5.92 Å². The molecule has 0 saturated heterocycles. The Morgan fingerprint density at radius 2 is 1.79 bits per heavy atom. The minimum absolute atomic E-state index is 0.157. The smallest absolute Gasteiger partial charge is 0.313 e. The number of hydrogen-bond acceptors (Lipinski definition) is 7. The largest absolute Gasteiger partial charge is 0.493 e. The van der Waals surface area contributed by atoms with Crippen molar-refractivity contribution in [1.82, 2.24) is 0 Å². The average molecular weight is 393 g/mol. The molecule has 4 rings (SSSR count). The summed E-state index contributed by atoms with van der Waals surface area (Å²) in [6.07, 6.45) is 1.65. The van der Waals surface area contributed by atoms with Gasteiger partial charge in [0.05, 0.1) is 38.9 Å². The lowest BCUT2D eigenvalue weighted by Gasteiger charge is -2.31. The summed E-state index contributed by atoms with van der Waals surface area (Å²) >= 11 is 0. The van der Waals surface area contributed by atoms with E-state index < -0.39 is 17.8 Å². The maximum Gasteiger partial charge on any atom is 0.313 e. The van der Waals surface area contributed by atoms with Crippen molar-refractivity contribution in [3.63, 3.8) is 0 Å². The number of allylic oxidation sites excluding steroid dienone is 1. The summed E-state index contributed by atoms with van der Waals surface area (Å²) in [4.78, 5) is 12.6. The van der Waals surface area contributed by atoms with E-state index in [0.29, 0.717) is 34.1 Å². The second-order valence-electron chi connectivity index (χ2n) is 6.63. The second-order valence-corrected chi connectivity index (χ2v) is 6.63. The van der Waals surface area contributed by atoms with E-state index in [4.69, 9.17) is 23.7 Å². The van der Waals surface area contributed by atoms with Crippen LogP contribution in [0.25, 0.3) is 5.57 Å². The Morgan fingerprint density at radius 1 is 1.07 bits per heavy atom. The number of methoxy groups -OCH3 is 3. The molecule has 1 aliphatic carbocycles. The van der Waals surface area contributed by atoms with Crippen molar-refractivity contribution in [3.05, 3.63) is 53.1 Å². The fraction of sp³-hybridized carbons (Fsp3) is 0.273. The topological polar surface area (TPSA) is 87.0 Å². The van der Waals surface area contributed by atoms with Crippen LogP contribution in [0.15, 0.2) is 36.4 Å². The molecule has 0 fully saturated rings. The molecule has 0 spiro atoms. The van der Waals surface area contributed by atoms with Crippen molar-refractivity contribution in [3.8, 4) is 29.1 Å². The first-order chi connectivity index (χ1) is 14.1. The number of carbonyl (C=O) groups excluding carboxylic acids is 1. The van der Waals surface area contributed by atoms with Crippen molar-refractivity contribution >= 4 is 11.5 Å². The molecule has 2 aromatic carbocycles. The standard InChI is InChI=1S/C22H19NO6/c1-25-18-8-14-13(10-23)6-16(22(24)27-3)21(15(14)9-19(18)26-2)12-4-5-17-20(7-12)29-11-28-17/h4-9,16,21H,11H2,1-3H3/t16-,21-/m1/s1. The number of ether oxygens (including phenoxy) is 5. The van der Waals surface area contributed by atoms with Crippen LogP contribution in [-0.4, -0.2) is 34.1 Å². The van der Waals surface area contributed by atoms with Crippen LogP contribution in [-0.2, 0) is 9.53 Å². The molecule has 0 radical (unpaired) electrons. The van der Waals surface area contributed by atoms with Gasteiger partial charge < -0.3 is 23.7 Å². The highest BCUT2D eigenvalue weighted by Gasteiger charge is 2.38. The normalized spacial score (nSPS) is 18.9. The number of carbonyl (C=O) groups is 1. The molecule has 148 valence electrons. The third-order valence-corrected chi connectivity index (χ3v) is 5.24. The number of esters is 1. The van der Waals surface area contributed by atoms with Gasteiger partial charge in [-0.15, -0.1) is 0 Å². The highest BCUT2D eigenvalue weighted by atomic mass is 16.7. The minimum atomic E-state index is -0.680. The zero-order valence-corrected chi connectivity index (χ0v) is 16.2. The van der Waals surface area contributed by atoms with E-state index >= 15 is 0 Å². The Kier molecular flexibility index (Phi) is 4.77. The Balaban J connectivity index is 1.95. The van der Waals surface area contributed by atoms with Crippen molar-refractivity contribution in [2.45, 2.75) is 5.92 Å². The highest BCUT2D eigenvalue weighted by Crippen LogP contribution is 2.48. The van der Waals surface area contributed by atoms with Gasteiger partial charge >= 0.3 is 5.97 Å². The van der Waals surface area contributed by atoms with Gasteiger partial charge in [-0.2, -0.15) is 5.26 Å². The van der Waals surface area contributed by atoms with E-state index in [1.54, 1.807) is 19.3 Å². The summed E-state index contributed by atoms with van der Waals surface area (Å²) in [6.45, 7) is 0.157. The quantitative estimate of drug-likeness (QED) is 0.737. The minimum Gasteiger partial charge on any atom is -0.493 e. The summed E-state index contributed by atoms with van der Waals surface area (Å²) in [5.41, 5.74) is 2.68. The van der Waals surface area contributed by atoms with Gasteiger partial charge in [-0.25, -0.2) is 0 Å². The van der Waals surface area contributed by atoms with Crippen molar-refractivity contribution in [1.29, 1.82) is 5.26 Å². The van der Waals surface area contributed by atoms with E-state index in [-0.39, 0.29) is 6.79 Å². The van der Waals surface area contributed by atoms with Crippen molar-refractivity contribution in [2.75, 3.05) is 28.1 Å². The summed E-state index contributed by atoms with van der Waals surface area (Å²) in [5.74, 6) is 0.779. The van der Waals surface area contributed by atoms with E-state index in [1.165, 1.54) is 14.2 Å². The molecular formula is C22H19NO6. The molecule has 0 unspecified atom stereocenters. The zero-order valence-electron chi connectivity index (χ0n) is 16.2. The van der Waals surface area contributed by atoms with Crippen molar-refractivity contribution in [2.24, 2.45) is 5.92 Å². The number of hydrogen-bond donors (Lipinski definition) is 0. The zero-order chi connectivity index (χ0) is 20.5. The molecule has 0 amide bonds. The van der Waals surface area contributed by atoms with Gasteiger partial charge in [0.15, 0.2) is 23.0 Å². The van der Waals surface area contributed by atoms with Crippen LogP contribution in [0.2, 0.25) is 0 Å². The molecule has 2 aliphatic rings. The van der Waals surface area contributed by atoms with Gasteiger partial charge in [-0.1, -0.05) is 12.1 Å². The fourth-order valence-electron chi connectivity index (χ4n) is 3.88. The van der Waals surface area contributed by atoms with Crippen LogP contribution in [0.4, 0.5) is 0 Å². The summed E-state index contributed by atoms with van der Waals surface area (Å²) in [5, 5.41) is 9.70. The van der Waals surface area contributed by atoms with Gasteiger partial charge in [0.2, 0.25) is 6.79 Å². The van der Waals surface area contributed by atoms with Crippen LogP contribution in [0, 0.1) is 17.2 Å². The van der Waals surface area contributed by atoms with Gasteiger partial charge in [0.25, 0.3) is 0 Å². The lowest BCUT2D eigenvalue weighted by Crippen LogP contribution is -2.26. The van der Waals surface area contributed by atoms with Gasteiger partial charge in [0.1, 0.15) is 0 Å². The van der Waals surface area contributed by atoms with E-state index in [1.807, 2.05) is 24.3 Å². The Labute approximate surface area is 168 Å². The van der Waals surface area contributed by atoms with E-state index in [0.717, 1.165) is 11.1 Å². The Morgan fingerprint density at radius 3 is 2.48 bits per heavy atom. The monoisotopic (exact) mass is 393 g/mol. The molecule has 0 N–H and O–H groups in total. The number of nitriles is 1.